The first-order chi connectivity index (χ1) is 9.87. The fraction of sp³-hybridized carbons (Fsp3) is 0.556. The third kappa shape index (κ3) is 4.58. The first-order valence-corrected chi connectivity index (χ1v) is 7.81. The van der Waals surface area contributed by atoms with Crippen molar-refractivity contribution in [3.8, 4) is 0 Å². The summed E-state index contributed by atoms with van der Waals surface area (Å²) < 4.78 is 8.16. The summed E-state index contributed by atoms with van der Waals surface area (Å²) in [4.78, 5) is 0. The van der Waals surface area contributed by atoms with Gasteiger partial charge in [0.1, 0.15) is 0 Å². The van der Waals surface area contributed by atoms with Crippen molar-refractivity contribution in [2.75, 3.05) is 6.61 Å². The van der Waals surface area contributed by atoms with Gasteiger partial charge in [0, 0.05) is 36.2 Å². The molecular formula is C18H28N2O. The number of hydrogen-bond donors (Lipinski definition) is 1. The van der Waals surface area contributed by atoms with Gasteiger partial charge in [-0.3, -0.25) is 0 Å². The Labute approximate surface area is 128 Å². The zero-order valence-electron chi connectivity index (χ0n) is 13.9. The van der Waals surface area contributed by atoms with Crippen LogP contribution in [-0.4, -0.2) is 22.8 Å². The lowest BCUT2D eigenvalue weighted by Crippen LogP contribution is -2.22. The van der Waals surface area contributed by atoms with Gasteiger partial charge < -0.3 is 14.6 Å². The van der Waals surface area contributed by atoms with Crippen LogP contribution in [0, 0.1) is 0 Å². The molecule has 1 N–H and O–H groups in total. The van der Waals surface area contributed by atoms with Crippen molar-refractivity contribution in [3.63, 3.8) is 0 Å². The van der Waals surface area contributed by atoms with Crippen LogP contribution in [-0.2, 0) is 17.8 Å². The van der Waals surface area contributed by atoms with Crippen molar-refractivity contribution < 1.29 is 4.74 Å². The number of fused-ring (bicyclic) bond motifs is 1. The number of rotatable bonds is 6. The molecule has 3 nitrogen and oxygen atoms in total. The van der Waals surface area contributed by atoms with Gasteiger partial charge in [0.15, 0.2) is 0 Å². The molecule has 0 atom stereocenters. The van der Waals surface area contributed by atoms with Gasteiger partial charge in [0.25, 0.3) is 0 Å². The van der Waals surface area contributed by atoms with E-state index in [1.165, 1.54) is 16.5 Å². The van der Waals surface area contributed by atoms with Gasteiger partial charge >= 0.3 is 0 Å². The number of aromatic nitrogens is 1. The quantitative estimate of drug-likeness (QED) is 0.871. The largest absolute Gasteiger partial charge is 0.374 e. The summed E-state index contributed by atoms with van der Waals surface area (Å²) in [6.45, 7) is 13.2. The Hall–Kier alpha value is -1.32. The molecule has 0 unspecified atom stereocenters. The van der Waals surface area contributed by atoms with Crippen LogP contribution in [0.25, 0.3) is 10.9 Å². The third-order valence-electron chi connectivity index (χ3n) is 3.44. The molecule has 1 heterocycles. The lowest BCUT2D eigenvalue weighted by molar-refractivity contribution is -0.00645. The number of benzene rings is 1. The summed E-state index contributed by atoms with van der Waals surface area (Å²) >= 11 is 0. The maximum atomic E-state index is 5.85. The molecule has 2 aromatic rings. The minimum absolute atomic E-state index is 0.0784. The van der Waals surface area contributed by atoms with Gasteiger partial charge in [-0.1, -0.05) is 32.0 Å². The standard InChI is InChI=1S/C18H28N2O/c1-14(2)19-12-15-13-20(10-11-21-18(3,4)5)17-9-7-6-8-16(15)17/h6-9,13-14,19H,10-12H2,1-5H3. The topological polar surface area (TPSA) is 26.2 Å². The van der Waals surface area contributed by atoms with Gasteiger partial charge in [-0.25, -0.2) is 0 Å². The summed E-state index contributed by atoms with van der Waals surface area (Å²) in [6.07, 6.45) is 2.26. The molecule has 116 valence electrons. The monoisotopic (exact) mass is 288 g/mol. The van der Waals surface area contributed by atoms with Crippen LogP contribution in [0.4, 0.5) is 0 Å². The molecule has 3 heteroatoms. The number of hydrogen-bond acceptors (Lipinski definition) is 2. The smallest absolute Gasteiger partial charge is 0.0652 e. The molecule has 21 heavy (non-hydrogen) atoms. The highest BCUT2D eigenvalue weighted by molar-refractivity contribution is 5.83. The number of nitrogens with zero attached hydrogens (tertiary/aromatic N) is 1. The molecule has 0 spiro atoms. The molecule has 1 aromatic carbocycles. The van der Waals surface area contributed by atoms with E-state index < -0.39 is 0 Å². The molecule has 0 aliphatic carbocycles. The van der Waals surface area contributed by atoms with Crippen LogP contribution in [0.5, 0.6) is 0 Å². The van der Waals surface area contributed by atoms with E-state index in [1.54, 1.807) is 0 Å². The SMILES string of the molecule is CC(C)NCc1cn(CCOC(C)(C)C)c2ccccc12. The van der Waals surface area contributed by atoms with E-state index in [2.05, 4.69) is 75.0 Å². The second-order valence-electron chi connectivity index (χ2n) is 6.86. The Morgan fingerprint density at radius 1 is 1.19 bits per heavy atom. The fourth-order valence-corrected chi connectivity index (χ4v) is 2.41. The molecule has 0 radical (unpaired) electrons. The summed E-state index contributed by atoms with van der Waals surface area (Å²) in [7, 11) is 0. The van der Waals surface area contributed by atoms with E-state index in [-0.39, 0.29) is 5.60 Å². The molecule has 0 amide bonds. The first kappa shape index (κ1) is 16.1. The predicted molar refractivity (Wildman–Crippen MR) is 89.6 cm³/mol. The van der Waals surface area contributed by atoms with E-state index in [1.807, 2.05) is 0 Å². The summed E-state index contributed by atoms with van der Waals surface area (Å²) in [5.74, 6) is 0. The van der Waals surface area contributed by atoms with Crippen LogP contribution < -0.4 is 5.32 Å². The normalized spacial score (nSPS) is 12.5. The Morgan fingerprint density at radius 2 is 1.90 bits per heavy atom. The average molecular weight is 288 g/mol. The van der Waals surface area contributed by atoms with E-state index >= 15 is 0 Å². The van der Waals surface area contributed by atoms with Crippen molar-refractivity contribution in [3.05, 3.63) is 36.0 Å². The Bertz CT molecular complexity index is 578. The maximum absolute atomic E-state index is 5.85. The van der Waals surface area contributed by atoms with Crippen LogP contribution in [0.15, 0.2) is 30.5 Å². The average Bonchev–Trinajstić information content (AvgIpc) is 2.74. The molecule has 0 bridgehead atoms. The second-order valence-corrected chi connectivity index (χ2v) is 6.86. The van der Waals surface area contributed by atoms with Crippen LogP contribution >= 0.6 is 0 Å². The van der Waals surface area contributed by atoms with Gasteiger partial charge in [-0.2, -0.15) is 0 Å². The minimum atomic E-state index is -0.0784. The van der Waals surface area contributed by atoms with Gasteiger partial charge in [-0.15, -0.1) is 0 Å². The number of nitrogens with one attached hydrogen (secondary N) is 1. The number of ether oxygens (including phenoxy) is 1. The summed E-state index contributed by atoms with van der Waals surface area (Å²) in [5, 5.41) is 4.84. The third-order valence-corrected chi connectivity index (χ3v) is 3.44. The zero-order valence-corrected chi connectivity index (χ0v) is 13.9. The van der Waals surface area contributed by atoms with E-state index in [4.69, 9.17) is 4.74 Å². The lowest BCUT2D eigenvalue weighted by atomic mass is 10.2. The maximum Gasteiger partial charge on any atom is 0.0652 e. The molecule has 2 rings (SSSR count). The van der Waals surface area contributed by atoms with Crippen molar-refractivity contribution in [1.82, 2.24) is 9.88 Å². The van der Waals surface area contributed by atoms with E-state index in [0.29, 0.717) is 6.04 Å². The van der Waals surface area contributed by atoms with E-state index in [9.17, 15) is 0 Å². The number of para-hydroxylation sites is 1. The van der Waals surface area contributed by atoms with Crippen molar-refractivity contribution in [1.29, 1.82) is 0 Å². The summed E-state index contributed by atoms with van der Waals surface area (Å²) in [5.41, 5.74) is 2.57. The van der Waals surface area contributed by atoms with Gasteiger partial charge in [0.2, 0.25) is 0 Å². The minimum Gasteiger partial charge on any atom is -0.374 e. The van der Waals surface area contributed by atoms with Crippen molar-refractivity contribution in [2.45, 2.75) is 59.4 Å². The van der Waals surface area contributed by atoms with Crippen molar-refractivity contribution in [2.24, 2.45) is 0 Å². The highest BCUT2D eigenvalue weighted by Gasteiger charge is 2.11. The van der Waals surface area contributed by atoms with Crippen LogP contribution in [0.3, 0.4) is 0 Å². The van der Waals surface area contributed by atoms with Gasteiger partial charge in [-0.05, 0) is 32.4 Å². The van der Waals surface area contributed by atoms with Crippen molar-refractivity contribution >= 4 is 10.9 Å². The lowest BCUT2D eigenvalue weighted by Gasteiger charge is -2.19. The molecule has 0 aliphatic heterocycles. The molecule has 0 saturated carbocycles. The van der Waals surface area contributed by atoms with E-state index in [0.717, 1.165) is 19.7 Å². The van der Waals surface area contributed by atoms with Crippen LogP contribution in [0.1, 0.15) is 40.2 Å². The Balaban J connectivity index is 2.15. The second kappa shape index (κ2) is 6.63. The first-order valence-electron chi connectivity index (χ1n) is 7.81. The zero-order chi connectivity index (χ0) is 15.5. The Kier molecular flexibility index (Phi) is 5.07. The molecular weight excluding hydrogens is 260 g/mol. The molecule has 0 aliphatic rings. The Morgan fingerprint density at radius 3 is 2.57 bits per heavy atom. The molecule has 1 aromatic heterocycles. The van der Waals surface area contributed by atoms with Gasteiger partial charge in [0.05, 0.1) is 12.2 Å². The highest BCUT2D eigenvalue weighted by Crippen LogP contribution is 2.21. The molecule has 0 fully saturated rings. The van der Waals surface area contributed by atoms with Crippen LogP contribution in [0.2, 0.25) is 0 Å². The predicted octanol–water partition coefficient (Wildman–Crippen LogP) is 3.95. The molecule has 0 saturated heterocycles. The summed E-state index contributed by atoms with van der Waals surface area (Å²) in [6, 6.07) is 9.09. The fourth-order valence-electron chi connectivity index (χ4n) is 2.41. The highest BCUT2D eigenvalue weighted by atomic mass is 16.5.